The Labute approximate surface area is 204 Å². The highest BCUT2D eigenvalue weighted by atomic mass is 16.5. The van der Waals surface area contributed by atoms with Gasteiger partial charge < -0.3 is 14.2 Å². The molecule has 0 saturated heterocycles. The number of methoxy groups -OCH3 is 3. The molecule has 0 radical (unpaired) electrons. The van der Waals surface area contributed by atoms with Crippen molar-refractivity contribution in [3.05, 3.63) is 95.6 Å². The van der Waals surface area contributed by atoms with Gasteiger partial charge in [0.1, 0.15) is 6.04 Å². The third-order valence-electron chi connectivity index (χ3n) is 6.48. The summed E-state index contributed by atoms with van der Waals surface area (Å²) in [6, 6.07) is 24.7. The summed E-state index contributed by atoms with van der Waals surface area (Å²) in [5, 5.41) is 3.51. The SMILES string of the molecule is COC(=O)C(C[C@H](NC1(c2ccccc2)c2ccccc2-c2ccccc21)C(=O)OC)C(=O)OC. The molecule has 0 spiro atoms. The van der Waals surface area contributed by atoms with E-state index in [0.717, 1.165) is 27.8 Å². The first kappa shape index (κ1) is 24.2. The minimum absolute atomic E-state index is 0.203. The summed E-state index contributed by atoms with van der Waals surface area (Å²) in [5.41, 5.74) is 3.92. The van der Waals surface area contributed by atoms with Crippen molar-refractivity contribution in [2.75, 3.05) is 21.3 Å². The van der Waals surface area contributed by atoms with Crippen LogP contribution in [0.4, 0.5) is 0 Å². The minimum atomic E-state index is -1.30. The van der Waals surface area contributed by atoms with Crippen molar-refractivity contribution in [1.82, 2.24) is 5.32 Å². The maximum absolute atomic E-state index is 13.1. The van der Waals surface area contributed by atoms with Gasteiger partial charge in [0.15, 0.2) is 5.92 Å². The average molecular weight is 474 g/mol. The molecule has 35 heavy (non-hydrogen) atoms. The standard InChI is InChI=1S/C28H27NO6/c1-33-25(30)21(26(31)34-2)17-24(27(32)35-3)29-28(18-11-5-4-6-12-18)22-15-9-7-13-19(22)20-14-8-10-16-23(20)28/h4-16,21,24,29H,17H2,1-3H3/t24-/m0/s1. The molecule has 0 fully saturated rings. The van der Waals surface area contributed by atoms with E-state index in [-0.39, 0.29) is 6.42 Å². The number of benzene rings is 3. The van der Waals surface area contributed by atoms with E-state index in [1.165, 1.54) is 21.3 Å². The van der Waals surface area contributed by atoms with Crippen LogP contribution in [-0.4, -0.2) is 45.3 Å². The number of carbonyl (C=O) groups excluding carboxylic acids is 3. The molecule has 7 heteroatoms. The number of esters is 3. The normalized spacial score (nSPS) is 13.9. The molecule has 0 amide bonds. The number of ether oxygens (including phenoxy) is 3. The predicted molar refractivity (Wildman–Crippen MR) is 129 cm³/mol. The van der Waals surface area contributed by atoms with Crippen LogP contribution in [0.15, 0.2) is 78.9 Å². The molecule has 7 nitrogen and oxygen atoms in total. The number of carbonyl (C=O) groups is 3. The van der Waals surface area contributed by atoms with E-state index in [9.17, 15) is 14.4 Å². The fourth-order valence-electron chi connectivity index (χ4n) is 4.90. The molecule has 1 atom stereocenters. The first-order valence-corrected chi connectivity index (χ1v) is 11.2. The monoisotopic (exact) mass is 473 g/mol. The zero-order chi connectivity index (χ0) is 25.0. The lowest BCUT2D eigenvalue weighted by atomic mass is 9.79. The van der Waals surface area contributed by atoms with E-state index >= 15 is 0 Å². The van der Waals surface area contributed by atoms with Gasteiger partial charge in [-0.3, -0.25) is 19.7 Å². The van der Waals surface area contributed by atoms with E-state index in [1.54, 1.807) is 0 Å². The second-order valence-corrected chi connectivity index (χ2v) is 8.26. The molecule has 0 heterocycles. The average Bonchev–Trinajstić information content (AvgIpc) is 3.20. The molecule has 4 rings (SSSR count). The number of nitrogens with one attached hydrogen (secondary N) is 1. The van der Waals surface area contributed by atoms with Crippen LogP contribution in [-0.2, 0) is 34.1 Å². The highest BCUT2D eigenvalue weighted by molar-refractivity contribution is 5.95. The highest BCUT2D eigenvalue weighted by Crippen LogP contribution is 2.51. The highest BCUT2D eigenvalue weighted by Gasteiger charge is 2.48. The van der Waals surface area contributed by atoms with Crippen molar-refractivity contribution in [1.29, 1.82) is 0 Å². The van der Waals surface area contributed by atoms with E-state index in [0.29, 0.717) is 0 Å². The van der Waals surface area contributed by atoms with Crippen LogP contribution in [0.1, 0.15) is 23.1 Å². The van der Waals surface area contributed by atoms with Gasteiger partial charge in [-0.25, -0.2) is 0 Å². The second kappa shape index (κ2) is 10.1. The summed E-state index contributed by atoms with van der Waals surface area (Å²) in [7, 11) is 3.65. The second-order valence-electron chi connectivity index (χ2n) is 8.26. The fraction of sp³-hybridized carbons (Fsp3) is 0.250. The number of fused-ring (bicyclic) bond motifs is 3. The Morgan fingerprint density at radius 3 is 1.63 bits per heavy atom. The van der Waals surface area contributed by atoms with E-state index in [2.05, 4.69) is 5.32 Å². The maximum Gasteiger partial charge on any atom is 0.322 e. The summed E-state index contributed by atoms with van der Waals surface area (Å²) in [5.74, 6) is -3.48. The zero-order valence-electron chi connectivity index (χ0n) is 19.8. The third kappa shape index (κ3) is 4.19. The minimum Gasteiger partial charge on any atom is -0.468 e. The largest absolute Gasteiger partial charge is 0.468 e. The van der Waals surface area contributed by atoms with Gasteiger partial charge in [0.2, 0.25) is 0 Å². The quantitative estimate of drug-likeness (QED) is 0.304. The van der Waals surface area contributed by atoms with Crippen LogP contribution >= 0.6 is 0 Å². The molecule has 1 aliphatic carbocycles. The molecule has 0 saturated carbocycles. The molecule has 0 aliphatic heterocycles. The van der Waals surface area contributed by atoms with Gasteiger partial charge in [-0.1, -0.05) is 78.9 Å². The van der Waals surface area contributed by atoms with Crippen molar-refractivity contribution >= 4 is 17.9 Å². The van der Waals surface area contributed by atoms with Crippen LogP contribution in [0, 0.1) is 5.92 Å². The topological polar surface area (TPSA) is 90.9 Å². The van der Waals surface area contributed by atoms with Crippen LogP contribution in [0.5, 0.6) is 0 Å². The Morgan fingerprint density at radius 2 is 1.14 bits per heavy atom. The van der Waals surface area contributed by atoms with E-state index in [1.807, 2.05) is 78.9 Å². The van der Waals surface area contributed by atoms with Crippen LogP contribution in [0.2, 0.25) is 0 Å². The van der Waals surface area contributed by atoms with Crippen molar-refractivity contribution < 1.29 is 28.6 Å². The van der Waals surface area contributed by atoms with Gasteiger partial charge in [0, 0.05) is 0 Å². The van der Waals surface area contributed by atoms with Gasteiger partial charge in [0.05, 0.1) is 26.9 Å². The summed E-state index contributed by atoms with van der Waals surface area (Å²) in [6.07, 6.45) is -0.203. The van der Waals surface area contributed by atoms with Crippen molar-refractivity contribution in [3.63, 3.8) is 0 Å². The summed E-state index contributed by atoms with van der Waals surface area (Å²) >= 11 is 0. The molecule has 180 valence electrons. The lowest BCUT2D eigenvalue weighted by Crippen LogP contribution is -2.53. The maximum atomic E-state index is 13.1. The van der Waals surface area contributed by atoms with Crippen LogP contribution in [0.25, 0.3) is 11.1 Å². The number of hydrogen-bond donors (Lipinski definition) is 1. The Morgan fingerprint density at radius 1 is 0.686 bits per heavy atom. The Kier molecular flexibility index (Phi) is 6.98. The Balaban J connectivity index is 1.91. The summed E-state index contributed by atoms with van der Waals surface area (Å²) in [6.45, 7) is 0. The third-order valence-corrected chi connectivity index (χ3v) is 6.48. The molecule has 0 unspecified atom stereocenters. The molecule has 1 N–H and O–H groups in total. The van der Waals surface area contributed by atoms with Crippen LogP contribution < -0.4 is 5.32 Å². The summed E-state index contributed by atoms with van der Waals surface area (Å²) < 4.78 is 14.7. The van der Waals surface area contributed by atoms with Gasteiger partial charge in [0.25, 0.3) is 0 Å². The molecular weight excluding hydrogens is 446 g/mol. The van der Waals surface area contributed by atoms with Crippen molar-refractivity contribution in [3.8, 4) is 11.1 Å². The van der Waals surface area contributed by atoms with Crippen molar-refractivity contribution in [2.24, 2.45) is 5.92 Å². The Hall–Kier alpha value is -3.97. The van der Waals surface area contributed by atoms with Crippen LogP contribution in [0.3, 0.4) is 0 Å². The lowest BCUT2D eigenvalue weighted by Gasteiger charge is -2.37. The first-order chi connectivity index (χ1) is 17.0. The van der Waals surface area contributed by atoms with Gasteiger partial charge in [-0.15, -0.1) is 0 Å². The van der Waals surface area contributed by atoms with Crippen molar-refractivity contribution in [2.45, 2.75) is 18.0 Å². The van der Waals surface area contributed by atoms with Gasteiger partial charge in [-0.2, -0.15) is 0 Å². The molecule has 3 aromatic carbocycles. The molecule has 0 bridgehead atoms. The molecule has 0 aromatic heterocycles. The molecule has 3 aromatic rings. The van der Waals surface area contributed by atoms with Gasteiger partial charge in [-0.05, 0) is 34.2 Å². The smallest absolute Gasteiger partial charge is 0.322 e. The van der Waals surface area contributed by atoms with E-state index < -0.39 is 35.4 Å². The fourth-order valence-corrected chi connectivity index (χ4v) is 4.90. The zero-order valence-corrected chi connectivity index (χ0v) is 19.8. The molecular formula is C28H27NO6. The predicted octanol–water partition coefficient (Wildman–Crippen LogP) is 3.44. The van der Waals surface area contributed by atoms with E-state index in [4.69, 9.17) is 14.2 Å². The lowest BCUT2D eigenvalue weighted by molar-refractivity contribution is -0.160. The first-order valence-electron chi connectivity index (χ1n) is 11.2. The van der Waals surface area contributed by atoms with Gasteiger partial charge >= 0.3 is 17.9 Å². The summed E-state index contributed by atoms with van der Waals surface area (Å²) in [4.78, 5) is 37.9. The molecule has 1 aliphatic rings. The number of rotatable bonds is 8. The Bertz CT molecular complexity index is 1180. The number of hydrogen-bond acceptors (Lipinski definition) is 7.